The normalized spacial score (nSPS) is 17.7. The van der Waals surface area contributed by atoms with Gasteiger partial charge in [-0.2, -0.15) is 0 Å². The summed E-state index contributed by atoms with van der Waals surface area (Å²) in [5.74, 6) is 0. The van der Waals surface area contributed by atoms with Crippen LogP contribution >= 0.6 is 0 Å². The molecule has 1 heterocycles. The van der Waals surface area contributed by atoms with Crippen molar-refractivity contribution in [3.8, 4) is 0 Å². The van der Waals surface area contributed by atoms with Crippen molar-refractivity contribution in [1.29, 1.82) is 0 Å². The molecule has 0 spiro atoms. The van der Waals surface area contributed by atoms with Gasteiger partial charge < -0.3 is 9.80 Å². The zero-order valence-corrected chi connectivity index (χ0v) is 9.69. The average molecular weight is 213 g/mol. The molecule has 0 aromatic rings. The Balaban J connectivity index is 2.71. The third kappa shape index (κ3) is 2.40. The number of imide groups is 1. The monoisotopic (exact) mass is 213 g/mol. The van der Waals surface area contributed by atoms with Gasteiger partial charge in [0, 0.05) is 20.1 Å². The van der Waals surface area contributed by atoms with Crippen LogP contribution in [0.5, 0.6) is 0 Å². The molecule has 0 N–H and O–H groups in total. The van der Waals surface area contributed by atoms with Gasteiger partial charge in [0.1, 0.15) is 0 Å². The fourth-order valence-electron chi connectivity index (χ4n) is 1.71. The molecular formula is C10H19N3O2. The van der Waals surface area contributed by atoms with Crippen molar-refractivity contribution < 1.29 is 9.59 Å². The first-order valence-electron chi connectivity index (χ1n) is 5.43. The van der Waals surface area contributed by atoms with Crippen LogP contribution in [0, 0.1) is 0 Å². The summed E-state index contributed by atoms with van der Waals surface area (Å²) in [6.07, 6.45) is 1.82. The minimum atomic E-state index is -0.186. The Morgan fingerprint density at radius 3 is 1.73 bits per heavy atom. The summed E-state index contributed by atoms with van der Waals surface area (Å²) in [6.45, 7) is 5.89. The van der Waals surface area contributed by atoms with Crippen LogP contribution in [0.15, 0.2) is 0 Å². The van der Waals surface area contributed by atoms with Gasteiger partial charge in [0.15, 0.2) is 0 Å². The third-order valence-corrected chi connectivity index (χ3v) is 2.44. The second-order valence-electron chi connectivity index (χ2n) is 3.79. The maximum absolute atomic E-state index is 11.7. The zero-order valence-electron chi connectivity index (χ0n) is 9.69. The van der Waals surface area contributed by atoms with Gasteiger partial charge in [0.25, 0.3) is 0 Å². The topological polar surface area (TPSA) is 43.9 Å². The van der Waals surface area contributed by atoms with Gasteiger partial charge in [-0.3, -0.25) is 0 Å². The van der Waals surface area contributed by atoms with E-state index in [1.165, 1.54) is 11.9 Å². The van der Waals surface area contributed by atoms with E-state index in [0.717, 1.165) is 12.8 Å². The Labute approximate surface area is 90.6 Å². The molecule has 0 saturated carbocycles. The summed E-state index contributed by atoms with van der Waals surface area (Å²) in [6, 6.07) is -0.372. The molecule has 86 valence electrons. The van der Waals surface area contributed by atoms with Crippen LogP contribution in [0.1, 0.15) is 26.7 Å². The van der Waals surface area contributed by atoms with Gasteiger partial charge >= 0.3 is 12.1 Å². The summed E-state index contributed by atoms with van der Waals surface area (Å²) in [5.41, 5.74) is 0. The van der Waals surface area contributed by atoms with Crippen molar-refractivity contribution in [3.05, 3.63) is 0 Å². The lowest BCUT2D eigenvalue weighted by molar-refractivity contribution is 0.0854. The molecule has 1 rings (SSSR count). The highest BCUT2D eigenvalue weighted by atomic mass is 16.2. The van der Waals surface area contributed by atoms with E-state index in [1.807, 2.05) is 13.8 Å². The predicted molar refractivity (Wildman–Crippen MR) is 57.4 cm³/mol. The number of carbonyl (C=O) groups excluding carboxylic acids is 2. The molecule has 0 bridgehead atoms. The molecule has 0 radical (unpaired) electrons. The number of nitrogens with zero attached hydrogens (tertiary/aromatic N) is 3. The van der Waals surface area contributed by atoms with Crippen LogP contribution in [0.4, 0.5) is 9.59 Å². The first-order valence-corrected chi connectivity index (χ1v) is 5.43. The fraction of sp³-hybridized carbons (Fsp3) is 0.800. The lowest BCUT2D eigenvalue weighted by atomic mass is 10.3. The SMILES string of the molecule is CCCN1CN(CCC)C(=O)N(C)C1=O. The lowest BCUT2D eigenvalue weighted by Crippen LogP contribution is -2.59. The van der Waals surface area contributed by atoms with E-state index in [-0.39, 0.29) is 12.1 Å². The Morgan fingerprint density at radius 1 is 1.00 bits per heavy atom. The van der Waals surface area contributed by atoms with E-state index in [9.17, 15) is 9.59 Å². The van der Waals surface area contributed by atoms with E-state index in [2.05, 4.69) is 0 Å². The van der Waals surface area contributed by atoms with Crippen molar-refractivity contribution in [2.75, 3.05) is 26.8 Å². The first kappa shape index (κ1) is 11.8. The molecule has 1 fully saturated rings. The molecule has 0 unspecified atom stereocenters. The van der Waals surface area contributed by atoms with Gasteiger partial charge in [-0.1, -0.05) is 13.8 Å². The van der Waals surface area contributed by atoms with Gasteiger partial charge in [0.05, 0.1) is 6.67 Å². The maximum Gasteiger partial charge on any atom is 0.329 e. The maximum atomic E-state index is 11.7. The van der Waals surface area contributed by atoms with Crippen molar-refractivity contribution in [2.24, 2.45) is 0 Å². The molecular weight excluding hydrogens is 194 g/mol. The standard InChI is InChI=1S/C10H19N3O2/c1-4-6-12-8-13(7-5-2)10(15)11(3)9(12)14/h4-8H2,1-3H3. The summed E-state index contributed by atoms with van der Waals surface area (Å²) in [5, 5.41) is 0. The van der Waals surface area contributed by atoms with Crippen LogP contribution in [-0.4, -0.2) is 53.6 Å². The van der Waals surface area contributed by atoms with Crippen LogP contribution < -0.4 is 0 Å². The largest absolute Gasteiger partial charge is 0.329 e. The smallest absolute Gasteiger partial charge is 0.306 e. The Hall–Kier alpha value is -1.26. The zero-order chi connectivity index (χ0) is 11.4. The molecule has 1 aliphatic heterocycles. The molecule has 5 heteroatoms. The molecule has 0 aromatic carbocycles. The fourth-order valence-corrected chi connectivity index (χ4v) is 1.71. The van der Waals surface area contributed by atoms with Crippen LogP contribution in [0.3, 0.4) is 0 Å². The molecule has 15 heavy (non-hydrogen) atoms. The van der Waals surface area contributed by atoms with Crippen molar-refractivity contribution >= 4 is 12.1 Å². The number of amides is 4. The van der Waals surface area contributed by atoms with Gasteiger partial charge in [0.2, 0.25) is 0 Å². The molecule has 0 aromatic heterocycles. The summed E-state index contributed by atoms with van der Waals surface area (Å²) in [7, 11) is 1.54. The minimum absolute atomic E-state index is 0.186. The van der Waals surface area contributed by atoms with Gasteiger partial charge in [-0.05, 0) is 12.8 Å². The highest BCUT2D eigenvalue weighted by molar-refractivity contribution is 5.95. The Kier molecular flexibility index (Phi) is 3.94. The molecule has 4 amide bonds. The van der Waals surface area contributed by atoms with Crippen molar-refractivity contribution in [1.82, 2.24) is 14.7 Å². The van der Waals surface area contributed by atoms with Crippen LogP contribution in [-0.2, 0) is 0 Å². The molecule has 1 saturated heterocycles. The van der Waals surface area contributed by atoms with Crippen LogP contribution in [0.2, 0.25) is 0 Å². The number of hydrogen-bond donors (Lipinski definition) is 0. The minimum Gasteiger partial charge on any atom is -0.306 e. The summed E-state index contributed by atoms with van der Waals surface area (Å²) >= 11 is 0. The number of hydrogen-bond acceptors (Lipinski definition) is 2. The summed E-state index contributed by atoms with van der Waals surface area (Å²) < 4.78 is 0. The number of urea groups is 2. The van der Waals surface area contributed by atoms with E-state index in [4.69, 9.17) is 0 Å². The highest BCUT2D eigenvalue weighted by Gasteiger charge is 2.33. The van der Waals surface area contributed by atoms with E-state index in [0.29, 0.717) is 19.8 Å². The van der Waals surface area contributed by atoms with E-state index in [1.54, 1.807) is 9.80 Å². The van der Waals surface area contributed by atoms with Gasteiger partial charge in [-0.25, -0.2) is 14.5 Å². The predicted octanol–water partition coefficient (Wildman–Crippen LogP) is 1.55. The average Bonchev–Trinajstić information content (AvgIpc) is 2.22. The third-order valence-electron chi connectivity index (χ3n) is 2.44. The van der Waals surface area contributed by atoms with E-state index >= 15 is 0 Å². The summed E-state index contributed by atoms with van der Waals surface area (Å²) in [4.78, 5) is 28.0. The quantitative estimate of drug-likeness (QED) is 0.711. The van der Waals surface area contributed by atoms with E-state index < -0.39 is 0 Å². The highest BCUT2D eigenvalue weighted by Crippen LogP contribution is 2.11. The number of carbonyl (C=O) groups is 2. The first-order chi connectivity index (χ1) is 7.11. The van der Waals surface area contributed by atoms with Crippen molar-refractivity contribution in [2.45, 2.75) is 26.7 Å². The molecule has 1 aliphatic rings. The Morgan fingerprint density at radius 2 is 1.40 bits per heavy atom. The van der Waals surface area contributed by atoms with Gasteiger partial charge in [-0.15, -0.1) is 0 Å². The Bertz CT molecular complexity index is 231. The second kappa shape index (κ2) is 5.00. The molecule has 5 nitrogen and oxygen atoms in total. The van der Waals surface area contributed by atoms with Crippen molar-refractivity contribution in [3.63, 3.8) is 0 Å². The molecule has 0 atom stereocenters. The lowest BCUT2D eigenvalue weighted by Gasteiger charge is -2.39. The molecule has 0 aliphatic carbocycles. The number of rotatable bonds is 4. The van der Waals surface area contributed by atoms with Crippen LogP contribution in [0.25, 0.3) is 0 Å². The second-order valence-corrected chi connectivity index (χ2v) is 3.79.